The highest BCUT2D eigenvalue weighted by atomic mass is 14.1. The predicted octanol–water partition coefficient (Wildman–Crippen LogP) is 6.30. The molecule has 0 heteroatoms. The van der Waals surface area contributed by atoms with Gasteiger partial charge in [0, 0.05) is 5.56 Å². The van der Waals surface area contributed by atoms with Gasteiger partial charge >= 0.3 is 0 Å². The van der Waals surface area contributed by atoms with Crippen LogP contribution >= 0.6 is 0 Å². The largest absolute Gasteiger partial charge is 0.115 e. The Morgan fingerprint density at radius 3 is 2.00 bits per heavy atom. The molecule has 0 amide bonds. The van der Waals surface area contributed by atoms with Gasteiger partial charge in [-0.15, -0.1) is 6.42 Å². The van der Waals surface area contributed by atoms with Crippen LogP contribution in [0, 0.1) is 12.3 Å². The molecule has 0 radical (unpaired) electrons. The average Bonchev–Trinajstić information content (AvgIpc) is 2.50. The van der Waals surface area contributed by atoms with E-state index in [9.17, 15) is 0 Å². The fourth-order valence-electron chi connectivity index (χ4n) is 2.66. The Morgan fingerprint density at radius 1 is 0.900 bits per heavy atom. The van der Waals surface area contributed by atoms with Gasteiger partial charge in [-0.2, -0.15) is 0 Å². The lowest BCUT2D eigenvalue weighted by Gasteiger charge is -2.11. The van der Waals surface area contributed by atoms with Crippen molar-refractivity contribution in [3.8, 4) is 12.3 Å². The van der Waals surface area contributed by atoms with Crippen LogP contribution in [0.4, 0.5) is 0 Å². The maximum absolute atomic E-state index is 5.38. The van der Waals surface area contributed by atoms with Gasteiger partial charge in [0.15, 0.2) is 0 Å². The molecule has 1 unspecified atom stereocenters. The molecule has 0 N–H and O–H groups in total. The van der Waals surface area contributed by atoms with Gasteiger partial charge in [-0.3, -0.25) is 0 Å². The van der Waals surface area contributed by atoms with Crippen LogP contribution in [-0.2, 0) is 0 Å². The zero-order chi connectivity index (χ0) is 14.6. The van der Waals surface area contributed by atoms with Gasteiger partial charge in [-0.25, -0.2) is 0 Å². The lowest BCUT2D eigenvalue weighted by molar-refractivity contribution is 0.543. The molecule has 1 aromatic carbocycles. The van der Waals surface area contributed by atoms with E-state index in [1.165, 1.54) is 63.4 Å². The van der Waals surface area contributed by atoms with Crippen LogP contribution < -0.4 is 0 Å². The monoisotopic (exact) mass is 270 g/mol. The molecule has 0 aliphatic carbocycles. The topological polar surface area (TPSA) is 0 Å². The second-order valence-electron chi connectivity index (χ2n) is 5.93. The van der Waals surface area contributed by atoms with Gasteiger partial charge < -0.3 is 0 Å². The summed E-state index contributed by atoms with van der Waals surface area (Å²) >= 11 is 0. The van der Waals surface area contributed by atoms with Crippen LogP contribution in [0.15, 0.2) is 24.3 Å². The molecule has 0 aromatic heterocycles. The Hall–Kier alpha value is -1.22. The second kappa shape index (κ2) is 10.6. The van der Waals surface area contributed by atoms with Crippen molar-refractivity contribution in [1.29, 1.82) is 0 Å². The summed E-state index contributed by atoms with van der Waals surface area (Å²) in [5.41, 5.74) is 2.40. The molecule has 1 rings (SSSR count). The molecule has 110 valence electrons. The molecular weight excluding hydrogens is 240 g/mol. The third kappa shape index (κ3) is 6.80. The molecule has 0 aliphatic rings. The molecule has 1 aromatic rings. The number of hydrogen-bond donors (Lipinski definition) is 0. The molecule has 0 bridgehead atoms. The Balaban J connectivity index is 2.10. The fraction of sp³-hybridized carbons (Fsp3) is 0.600. The lowest BCUT2D eigenvalue weighted by Crippen LogP contribution is -1.94. The summed E-state index contributed by atoms with van der Waals surface area (Å²) in [4.78, 5) is 0. The van der Waals surface area contributed by atoms with E-state index < -0.39 is 0 Å². The quantitative estimate of drug-likeness (QED) is 0.345. The first-order chi connectivity index (χ1) is 9.77. The third-order valence-electron chi connectivity index (χ3n) is 4.14. The van der Waals surface area contributed by atoms with E-state index in [2.05, 4.69) is 44.0 Å². The maximum atomic E-state index is 5.38. The second-order valence-corrected chi connectivity index (χ2v) is 5.93. The summed E-state index contributed by atoms with van der Waals surface area (Å²) in [6.45, 7) is 4.60. The minimum atomic E-state index is 0.655. The smallest absolute Gasteiger partial charge is 0.0242 e. The van der Waals surface area contributed by atoms with Crippen LogP contribution in [-0.4, -0.2) is 0 Å². The minimum Gasteiger partial charge on any atom is -0.115 e. The van der Waals surface area contributed by atoms with Crippen molar-refractivity contribution in [2.24, 2.45) is 0 Å². The third-order valence-corrected chi connectivity index (χ3v) is 4.14. The maximum Gasteiger partial charge on any atom is 0.0242 e. The first-order valence-electron chi connectivity index (χ1n) is 8.34. The van der Waals surface area contributed by atoms with E-state index in [0.717, 1.165) is 5.56 Å². The molecule has 0 nitrogen and oxygen atoms in total. The number of terminal acetylenes is 1. The Morgan fingerprint density at radius 2 is 1.45 bits per heavy atom. The van der Waals surface area contributed by atoms with Crippen molar-refractivity contribution in [1.82, 2.24) is 0 Å². The Bertz CT molecular complexity index is 379. The molecule has 20 heavy (non-hydrogen) atoms. The van der Waals surface area contributed by atoms with E-state index in [1.807, 2.05) is 0 Å². The van der Waals surface area contributed by atoms with Gasteiger partial charge in [0.05, 0.1) is 0 Å². The van der Waals surface area contributed by atoms with Crippen molar-refractivity contribution in [3.05, 3.63) is 35.4 Å². The van der Waals surface area contributed by atoms with E-state index in [1.54, 1.807) is 0 Å². The zero-order valence-corrected chi connectivity index (χ0v) is 13.3. The van der Waals surface area contributed by atoms with Crippen molar-refractivity contribution in [2.45, 2.75) is 77.6 Å². The molecular formula is C20H30. The molecule has 0 spiro atoms. The fourth-order valence-corrected chi connectivity index (χ4v) is 2.66. The van der Waals surface area contributed by atoms with Crippen molar-refractivity contribution >= 4 is 0 Å². The van der Waals surface area contributed by atoms with Gasteiger partial charge in [-0.05, 0) is 30.0 Å². The first-order valence-corrected chi connectivity index (χ1v) is 8.34. The number of hydrogen-bond acceptors (Lipinski definition) is 0. The lowest BCUT2D eigenvalue weighted by atomic mass is 9.94. The average molecular weight is 270 g/mol. The summed E-state index contributed by atoms with van der Waals surface area (Å²) in [6.07, 6.45) is 17.9. The van der Waals surface area contributed by atoms with Crippen LogP contribution in [0.25, 0.3) is 0 Å². The number of unbranched alkanes of at least 4 members (excludes halogenated alkanes) is 7. The van der Waals surface area contributed by atoms with E-state index in [-0.39, 0.29) is 0 Å². The standard InChI is InChI=1S/C20H30/c1-4-6-7-8-9-10-11-12-13-18(3)20-16-14-19(5-2)15-17-20/h2,14-18H,4,6-13H2,1,3H3. The molecule has 0 heterocycles. The molecule has 1 atom stereocenters. The number of rotatable bonds is 10. The van der Waals surface area contributed by atoms with Crippen molar-refractivity contribution < 1.29 is 0 Å². The SMILES string of the molecule is C#Cc1ccc(C(C)CCCCCCCCCC)cc1. The zero-order valence-electron chi connectivity index (χ0n) is 13.3. The van der Waals surface area contributed by atoms with Crippen LogP contribution in [0.3, 0.4) is 0 Å². The normalized spacial score (nSPS) is 12.1. The van der Waals surface area contributed by atoms with Crippen molar-refractivity contribution in [2.75, 3.05) is 0 Å². The highest BCUT2D eigenvalue weighted by Gasteiger charge is 2.04. The predicted molar refractivity (Wildman–Crippen MR) is 90.0 cm³/mol. The van der Waals surface area contributed by atoms with Gasteiger partial charge in [0.1, 0.15) is 0 Å². The number of benzene rings is 1. The summed E-state index contributed by atoms with van der Waals surface area (Å²) in [6, 6.07) is 8.48. The van der Waals surface area contributed by atoms with Gasteiger partial charge in [0.25, 0.3) is 0 Å². The van der Waals surface area contributed by atoms with E-state index >= 15 is 0 Å². The molecule has 0 fully saturated rings. The van der Waals surface area contributed by atoms with Crippen molar-refractivity contribution in [3.63, 3.8) is 0 Å². The summed E-state index contributed by atoms with van der Waals surface area (Å²) in [5.74, 6) is 3.33. The highest BCUT2D eigenvalue weighted by molar-refractivity contribution is 5.35. The van der Waals surface area contributed by atoms with Crippen LogP contribution in [0.1, 0.15) is 88.7 Å². The Kier molecular flexibility index (Phi) is 8.88. The summed E-state index contributed by atoms with van der Waals surface area (Å²) in [5, 5.41) is 0. The first kappa shape index (κ1) is 16.8. The molecule has 0 saturated carbocycles. The highest BCUT2D eigenvalue weighted by Crippen LogP contribution is 2.22. The van der Waals surface area contributed by atoms with Crippen LogP contribution in [0.2, 0.25) is 0 Å². The van der Waals surface area contributed by atoms with E-state index in [0.29, 0.717) is 5.92 Å². The van der Waals surface area contributed by atoms with Crippen LogP contribution in [0.5, 0.6) is 0 Å². The van der Waals surface area contributed by atoms with E-state index in [4.69, 9.17) is 6.42 Å². The minimum absolute atomic E-state index is 0.655. The molecule has 0 saturated heterocycles. The van der Waals surface area contributed by atoms with Gasteiger partial charge in [-0.1, -0.05) is 83.3 Å². The van der Waals surface area contributed by atoms with Gasteiger partial charge in [0.2, 0.25) is 0 Å². The molecule has 0 aliphatic heterocycles. The Labute approximate surface area is 126 Å². The summed E-state index contributed by atoms with van der Waals surface area (Å²) < 4.78 is 0. The summed E-state index contributed by atoms with van der Waals surface area (Å²) in [7, 11) is 0.